The number of benzene rings is 2. The van der Waals surface area contributed by atoms with Gasteiger partial charge in [-0.3, -0.25) is 4.90 Å². The largest absolute Gasteiger partial charge is 0.493 e. The molecule has 2 aromatic carbocycles. The molecule has 2 nitrogen and oxygen atoms in total. The molecule has 0 radical (unpaired) electrons. The van der Waals surface area contributed by atoms with Crippen LogP contribution in [0.15, 0.2) is 66.7 Å². The second kappa shape index (κ2) is 8.70. The van der Waals surface area contributed by atoms with Gasteiger partial charge in [0.05, 0.1) is 6.61 Å². The van der Waals surface area contributed by atoms with Crippen LogP contribution in [0.4, 0.5) is 0 Å². The Hall–Kier alpha value is -2.06. The van der Waals surface area contributed by atoms with E-state index in [0.29, 0.717) is 5.92 Å². The highest BCUT2D eigenvalue weighted by atomic mass is 16.5. The lowest BCUT2D eigenvalue weighted by molar-refractivity contribution is 0.125. The molecule has 2 aromatic rings. The van der Waals surface area contributed by atoms with Crippen LogP contribution in [0.2, 0.25) is 0 Å². The van der Waals surface area contributed by atoms with Gasteiger partial charge >= 0.3 is 0 Å². The van der Waals surface area contributed by atoms with Crippen molar-refractivity contribution in [3.05, 3.63) is 77.9 Å². The summed E-state index contributed by atoms with van der Waals surface area (Å²) in [7, 11) is 0. The van der Waals surface area contributed by atoms with Crippen LogP contribution in [0.25, 0.3) is 5.76 Å². The lowest BCUT2D eigenvalue weighted by Gasteiger charge is -2.32. The van der Waals surface area contributed by atoms with Crippen LogP contribution in [0.3, 0.4) is 0 Å². The van der Waals surface area contributed by atoms with Crippen LogP contribution < -0.4 is 0 Å². The van der Waals surface area contributed by atoms with E-state index in [9.17, 15) is 0 Å². The molecule has 0 bridgehead atoms. The average Bonchev–Trinajstić information content (AvgIpc) is 2.65. The van der Waals surface area contributed by atoms with Crippen LogP contribution in [0.1, 0.15) is 30.9 Å². The summed E-state index contributed by atoms with van der Waals surface area (Å²) in [5, 5.41) is 0. The first-order chi connectivity index (χ1) is 11.8. The fraction of sp³-hybridized carbons (Fsp3) is 0.364. The first-order valence-electron chi connectivity index (χ1n) is 8.96. The van der Waals surface area contributed by atoms with Crippen LogP contribution in [-0.2, 0) is 11.3 Å². The molecule has 126 valence electrons. The standard InChI is InChI=1S/C22H27NO/c1-2-22(21-11-7-4-8-12-21)24-18-20-13-15-23(16-14-20)17-19-9-5-3-6-10-19/h2-12,20H,13-18H2,1H3. The highest BCUT2D eigenvalue weighted by Gasteiger charge is 2.20. The SMILES string of the molecule is CC=C(OCC1CCN(Cc2ccccc2)CC1)c1ccccc1. The van der Waals surface area contributed by atoms with Gasteiger partial charge in [-0.25, -0.2) is 0 Å². The number of ether oxygens (including phenoxy) is 1. The molecule has 1 heterocycles. The van der Waals surface area contributed by atoms with Crippen molar-refractivity contribution in [2.24, 2.45) is 5.92 Å². The summed E-state index contributed by atoms with van der Waals surface area (Å²) < 4.78 is 6.11. The fourth-order valence-electron chi connectivity index (χ4n) is 3.30. The summed E-state index contributed by atoms with van der Waals surface area (Å²) in [6.07, 6.45) is 4.51. The third-order valence-electron chi connectivity index (χ3n) is 4.75. The highest BCUT2D eigenvalue weighted by molar-refractivity contribution is 5.59. The van der Waals surface area contributed by atoms with E-state index in [2.05, 4.69) is 65.6 Å². The minimum atomic E-state index is 0.663. The average molecular weight is 321 g/mol. The van der Waals surface area contributed by atoms with E-state index in [0.717, 1.165) is 18.9 Å². The normalized spacial score (nSPS) is 17.0. The third-order valence-corrected chi connectivity index (χ3v) is 4.75. The molecule has 0 saturated carbocycles. The monoisotopic (exact) mass is 321 g/mol. The number of hydrogen-bond acceptors (Lipinski definition) is 2. The van der Waals surface area contributed by atoms with Crippen molar-refractivity contribution in [3.8, 4) is 0 Å². The van der Waals surface area contributed by atoms with E-state index in [1.54, 1.807) is 0 Å². The van der Waals surface area contributed by atoms with Gasteiger partial charge in [-0.2, -0.15) is 0 Å². The van der Waals surface area contributed by atoms with Crippen LogP contribution >= 0.6 is 0 Å². The zero-order chi connectivity index (χ0) is 16.6. The van der Waals surface area contributed by atoms with Gasteiger partial charge in [0.2, 0.25) is 0 Å². The topological polar surface area (TPSA) is 12.5 Å². The van der Waals surface area contributed by atoms with Crippen molar-refractivity contribution < 1.29 is 4.74 Å². The van der Waals surface area contributed by atoms with Crippen molar-refractivity contribution in [3.63, 3.8) is 0 Å². The summed E-state index contributed by atoms with van der Waals surface area (Å²) in [4.78, 5) is 2.56. The molecule has 0 unspecified atom stereocenters. The summed E-state index contributed by atoms with van der Waals surface area (Å²) in [5.41, 5.74) is 2.58. The maximum absolute atomic E-state index is 6.11. The zero-order valence-electron chi connectivity index (χ0n) is 14.5. The number of rotatable bonds is 6. The van der Waals surface area contributed by atoms with E-state index < -0.39 is 0 Å². The molecule has 0 aliphatic carbocycles. The quantitative estimate of drug-likeness (QED) is 0.696. The molecule has 24 heavy (non-hydrogen) atoms. The van der Waals surface area contributed by atoms with Gasteiger partial charge in [-0.1, -0.05) is 60.7 Å². The van der Waals surface area contributed by atoms with E-state index in [1.165, 1.54) is 37.1 Å². The van der Waals surface area contributed by atoms with Crippen molar-refractivity contribution in [1.29, 1.82) is 0 Å². The van der Waals surface area contributed by atoms with Crippen molar-refractivity contribution >= 4 is 5.76 Å². The van der Waals surface area contributed by atoms with Crippen LogP contribution in [-0.4, -0.2) is 24.6 Å². The summed E-state index contributed by atoms with van der Waals surface area (Å²) >= 11 is 0. The van der Waals surface area contributed by atoms with Gasteiger partial charge in [0.15, 0.2) is 0 Å². The van der Waals surface area contributed by atoms with E-state index in [1.807, 2.05) is 13.0 Å². The Balaban J connectivity index is 1.44. The first kappa shape index (κ1) is 16.8. The van der Waals surface area contributed by atoms with Gasteiger partial charge in [0, 0.05) is 12.1 Å². The number of hydrogen-bond donors (Lipinski definition) is 0. The van der Waals surface area contributed by atoms with Crippen LogP contribution in [0.5, 0.6) is 0 Å². The molecule has 1 aliphatic heterocycles. The predicted octanol–water partition coefficient (Wildman–Crippen LogP) is 4.98. The molecule has 2 heteroatoms. The molecule has 1 fully saturated rings. The molecule has 3 rings (SSSR count). The van der Waals surface area contributed by atoms with Crippen molar-refractivity contribution in [2.45, 2.75) is 26.3 Å². The summed E-state index contributed by atoms with van der Waals surface area (Å²) in [6.45, 7) is 6.27. The Bertz CT molecular complexity index is 628. The maximum Gasteiger partial charge on any atom is 0.122 e. The number of nitrogens with zero attached hydrogens (tertiary/aromatic N) is 1. The Morgan fingerprint density at radius 3 is 2.25 bits per heavy atom. The Morgan fingerprint density at radius 2 is 1.62 bits per heavy atom. The van der Waals surface area contributed by atoms with Crippen molar-refractivity contribution in [2.75, 3.05) is 19.7 Å². The first-order valence-corrected chi connectivity index (χ1v) is 8.96. The summed E-state index contributed by atoms with van der Waals surface area (Å²) in [6, 6.07) is 21.1. The lowest BCUT2D eigenvalue weighted by atomic mass is 9.97. The van der Waals surface area contributed by atoms with Gasteiger partial charge in [-0.05, 0) is 50.4 Å². The molecule has 0 spiro atoms. The van der Waals surface area contributed by atoms with Crippen LogP contribution in [0, 0.1) is 5.92 Å². The fourth-order valence-corrected chi connectivity index (χ4v) is 3.30. The van der Waals surface area contributed by atoms with E-state index in [4.69, 9.17) is 4.74 Å². The second-order valence-electron chi connectivity index (χ2n) is 6.54. The van der Waals surface area contributed by atoms with Crippen molar-refractivity contribution in [1.82, 2.24) is 4.90 Å². The van der Waals surface area contributed by atoms with Gasteiger partial charge < -0.3 is 4.74 Å². The molecule has 0 amide bonds. The van der Waals surface area contributed by atoms with Gasteiger partial charge in [0.1, 0.15) is 5.76 Å². The minimum Gasteiger partial charge on any atom is -0.493 e. The Kier molecular flexibility index (Phi) is 6.08. The smallest absolute Gasteiger partial charge is 0.122 e. The second-order valence-corrected chi connectivity index (χ2v) is 6.54. The van der Waals surface area contributed by atoms with Gasteiger partial charge in [-0.15, -0.1) is 0 Å². The molecule has 1 saturated heterocycles. The zero-order valence-corrected chi connectivity index (χ0v) is 14.5. The third kappa shape index (κ3) is 4.72. The molecular formula is C22H27NO. The van der Waals surface area contributed by atoms with E-state index >= 15 is 0 Å². The highest BCUT2D eigenvalue weighted by Crippen LogP contribution is 2.22. The van der Waals surface area contributed by atoms with Gasteiger partial charge in [0.25, 0.3) is 0 Å². The summed E-state index contributed by atoms with van der Waals surface area (Å²) in [5.74, 6) is 1.66. The number of allylic oxidation sites excluding steroid dienone is 1. The molecule has 0 aromatic heterocycles. The molecule has 0 N–H and O–H groups in total. The minimum absolute atomic E-state index is 0.663. The maximum atomic E-state index is 6.11. The Morgan fingerprint density at radius 1 is 1.00 bits per heavy atom. The lowest BCUT2D eigenvalue weighted by Crippen LogP contribution is -2.34. The molecule has 1 aliphatic rings. The van der Waals surface area contributed by atoms with E-state index in [-0.39, 0.29) is 0 Å². The number of likely N-dealkylation sites (tertiary alicyclic amines) is 1. The Labute approximate surface area is 145 Å². The number of piperidine rings is 1. The predicted molar refractivity (Wildman–Crippen MR) is 100 cm³/mol. The molecular weight excluding hydrogens is 294 g/mol. The molecule has 0 atom stereocenters.